The zero-order valence-electron chi connectivity index (χ0n) is 16.3. The molecular weight excluding hydrogens is 304 g/mol. The van der Waals surface area contributed by atoms with E-state index in [1.54, 1.807) is 0 Å². The molecule has 0 heterocycles. The van der Waals surface area contributed by atoms with E-state index in [1.807, 2.05) is 13.8 Å². The summed E-state index contributed by atoms with van der Waals surface area (Å²) in [5.41, 5.74) is 1.03. The fourth-order valence-electron chi connectivity index (χ4n) is 2.26. The maximum absolute atomic E-state index is 12.5. The highest BCUT2D eigenvalue weighted by Gasteiger charge is 2.23. The summed E-state index contributed by atoms with van der Waals surface area (Å²) >= 11 is 0. The van der Waals surface area contributed by atoms with Crippen molar-refractivity contribution in [1.82, 2.24) is 0 Å². The molecule has 4 nitrogen and oxygen atoms in total. The van der Waals surface area contributed by atoms with Gasteiger partial charge in [0.25, 0.3) is 0 Å². The Bertz CT molecular complexity index is 396. The third-order valence-electron chi connectivity index (χ3n) is 3.71. The lowest BCUT2D eigenvalue weighted by atomic mass is 9.95. The van der Waals surface area contributed by atoms with Crippen LogP contribution in [0.3, 0.4) is 0 Å². The molecule has 0 aliphatic carbocycles. The van der Waals surface area contributed by atoms with E-state index in [0.717, 1.165) is 38.5 Å². The fourth-order valence-corrected chi connectivity index (χ4v) is 2.26. The van der Waals surface area contributed by atoms with Gasteiger partial charge in [0.05, 0.1) is 13.2 Å². The average Bonchev–Trinajstić information content (AvgIpc) is 2.54. The molecule has 0 aromatic rings. The quantitative estimate of drug-likeness (QED) is 0.262. The maximum atomic E-state index is 12.5. The normalized spacial score (nSPS) is 12.1. The lowest BCUT2D eigenvalue weighted by molar-refractivity contribution is -0.142. The Labute approximate surface area is 148 Å². The predicted molar refractivity (Wildman–Crippen MR) is 97.7 cm³/mol. The number of ether oxygens (including phenoxy) is 2. The Kier molecular flexibility index (Phi) is 13.3. The van der Waals surface area contributed by atoms with Crippen LogP contribution in [0.4, 0.5) is 0 Å². The zero-order chi connectivity index (χ0) is 18.4. The Morgan fingerprint density at radius 1 is 0.750 bits per heavy atom. The van der Waals surface area contributed by atoms with Crippen molar-refractivity contribution in [1.29, 1.82) is 0 Å². The van der Waals surface area contributed by atoms with E-state index in [0.29, 0.717) is 37.2 Å². The van der Waals surface area contributed by atoms with Gasteiger partial charge in [-0.15, -0.1) is 0 Å². The molecule has 0 aliphatic heterocycles. The maximum Gasteiger partial charge on any atom is 0.334 e. The molecule has 0 bridgehead atoms. The minimum absolute atomic E-state index is 0.277. The highest BCUT2D eigenvalue weighted by molar-refractivity contribution is 6.00. The molecule has 140 valence electrons. The summed E-state index contributed by atoms with van der Waals surface area (Å²) in [5.74, 6) is -0.422. The lowest BCUT2D eigenvalue weighted by Gasteiger charge is -2.16. The SMILES string of the molecule is CCCCOC(=O)/C(CCCC)=C(/CC(C)C)C(=O)OCCCC. The molecule has 0 radical (unpaired) electrons. The van der Waals surface area contributed by atoms with Crippen LogP contribution < -0.4 is 0 Å². The highest BCUT2D eigenvalue weighted by Crippen LogP contribution is 2.22. The van der Waals surface area contributed by atoms with Crippen LogP contribution in [0, 0.1) is 5.92 Å². The largest absolute Gasteiger partial charge is 0.462 e. The van der Waals surface area contributed by atoms with E-state index >= 15 is 0 Å². The molecule has 24 heavy (non-hydrogen) atoms. The summed E-state index contributed by atoms with van der Waals surface area (Å²) < 4.78 is 10.8. The molecule has 0 rings (SSSR count). The van der Waals surface area contributed by atoms with Crippen LogP contribution in [0.1, 0.15) is 86.0 Å². The summed E-state index contributed by atoms with van der Waals surface area (Å²) in [5, 5.41) is 0. The van der Waals surface area contributed by atoms with Gasteiger partial charge in [-0.25, -0.2) is 9.59 Å². The topological polar surface area (TPSA) is 52.6 Å². The van der Waals surface area contributed by atoms with Gasteiger partial charge in [-0.3, -0.25) is 0 Å². The molecule has 0 aromatic carbocycles. The van der Waals surface area contributed by atoms with Crippen LogP contribution in [0.25, 0.3) is 0 Å². The number of hydrogen-bond acceptors (Lipinski definition) is 4. The first-order valence-electron chi connectivity index (χ1n) is 9.54. The molecule has 0 N–H and O–H groups in total. The van der Waals surface area contributed by atoms with Crippen molar-refractivity contribution < 1.29 is 19.1 Å². The second kappa shape index (κ2) is 14.1. The predicted octanol–water partition coefficient (Wildman–Crippen LogP) is 5.21. The van der Waals surface area contributed by atoms with Crippen LogP contribution >= 0.6 is 0 Å². The van der Waals surface area contributed by atoms with Gasteiger partial charge < -0.3 is 9.47 Å². The third kappa shape index (κ3) is 9.74. The standard InChI is InChI=1S/C20H36O4/c1-6-9-12-17(19(21)23-13-10-7-2)18(15-16(4)5)20(22)24-14-11-8-3/h16H,6-15H2,1-5H3/b18-17-. The molecule has 0 saturated carbocycles. The molecule has 0 saturated heterocycles. The molecular formula is C20H36O4. The monoisotopic (exact) mass is 340 g/mol. The summed E-state index contributed by atoms with van der Waals surface area (Å²) in [6, 6.07) is 0. The molecule has 0 aromatic heterocycles. The van der Waals surface area contributed by atoms with Gasteiger partial charge in [0.15, 0.2) is 0 Å². The van der Waals surface area contributed by atoms with E-state index < -0.39 is 0 Å². The Hall–Kier alpha value is -1.32. The van der Waals surface area contributed by atoms with Crippen molar-refractivity contribution in [3.63, 3.8) is 0 Å². The van der Waals surface area contributed by atoms with Gasteiger partial charge in [0.2, 0.25) is 0 Å². The van der Waals surface area contributed by atoms with Gasteiger partial charge in [-0.05, 0) is 38.0 Å². The smallest absolute Gasteiger partial charge is 0.334 e. The van der Waals surface area contributed by atoms with E-state index in [9.17, 15) is 9.59 Å². The van der Waals surface area contributed by atoms with Crippen molar-refractivity contribution in [2.75, 3.05) is 13.2 Å². The third-order valence-corrected chi connectivity index (χ3v) is 3.71. The molecule has 4 heteroatoms. The number of unbranched alkanes of at least 4 members (excludes halogenated alkanes) is 3. The molecule has 0 unspecified atom stereocenters. The van der Waals surface area contributed by atoms with Gasteiger partial charge in [-0.1, -0.05) is 53.9 Å². The van der Waals surface area contributed by atoms with E-state index in [4.69, 9.17) is 9.47 Å². The Morgan fingerprint density at radius 2 is 1.21 bits per heavy atom. The van der Waals surface area contributed by atoms with Gasteiger partial charge in [0.1, 0.15) is 0 Å². The highest BCUT2D eigenvalue weighted by atomic mass is 16.5. The van der Waals surface area contributed by atoms with Gasteiger partial charge >= 0.3 is 11.9 Å². The fraction of sp³-hybridized carbons (Fsp3) is 0.800. The van der Waals surface area contributed by atoms with Crippen LogP contribution in [0.5, 0.6) is 0 Å². The average molecular weight is 341 g/mol. The van der Waals surface area contributed by atoms with Gasteiger partial charge in [-0.2, -0.15) is 0 Å². The van der Waals surface area contributed by atoms with E-state index in [1.165, 1.54) is 0 Å². The van der Waals surface area contributed by atoms with Crippen LogP contribution in [-0.2, 0) is 19.1 Å². The second-order valence-electron chi connectivity index (χ2n) is 6.64. The first-order chi connectivity index (χ1) is 11.5. The number of hydrogen-bond donors (Lipinski definition) is 0. The molecule has 0 atom stereocenters. The van der Waals surface area contributed by atoms with Crippen molar-refractivity contribution in [3.8, 4) is 0 Å². The van der Waals surface area contributed by atoms with Crippen LogP contribution in [-0.4, -0.2) is 25.2 Å². The van der Waals surface area contributed by atoms with Gasteiger partial charge in [0, 0.05) is 11.1 Å². The van der Waals surface area contributed by atoms with Crippen molar-refractivity contribution in [2.24, 2.45) is 5.92 Å². The zero-order valence-corrected chi connectivity index (χ0v) is 16.3. The minimum atomic E-state index is -0.351. The number of esters is 2. The first kappa shape index (κ1) is 22.7. The summed E-state index contributed by atoms with van der Waals surface area (Å²) in [6.45, 7) is 11.1. The van der Waals surface area contributed by atoms with Crippen LogP contribution in [0.15, 0.2) is 11.1 Å². The summed E-state index contributed by atoms with van der Waals surface area (Å²) in [7, 11) is 0. The Morgan fingerprint density at radius 3 is 1.62 bits per heavy atom. The van der Waals surface area contributed by atoms with Crippen molar-refractivity contribution >= 4 is 11.9 Å². The van der Waals surface area contributed by atoms with Crippen molar-refractivity contribution in [3.05, 3.63) is 11.1 Å². The second-order valence-corrected chi connectivity index (χ2v) is 6.64. The molecule has 0 fully saturated rings. The van der Waals surface area contributed by atoms with Crippen LogP contribution in [0.2, 0.25) is 0 Å². The van der Waals surface area contributed by atoms with E-state index in [-0.39, 0.29) is 17.9 Å². The molecule has 0 amide bonds. The molecule has 0 aliphatic rings. The molecule has 0 spiro atoms. The summed E-state index contributed by atoms with van der Waals surface area (Å²) in [4.78, 5) is 25.0. The Balaban J connectivity index is 5.33. The summed E-state index contributed by atoms with van der Waals surface area (Å²) in [6.07, 6.45) is 6.57. The number of carbonyl (C=O) groups excluding carboxylic acids is 2. The first-order valence-corrected chi connectivity index (χ1v) is 9.54. The van der Waals surface area contributed by atoms with Crippen molar-refractivity contribution in [2.45, 2.75) is 86.0 Å². The number of rotatable bonds is 13. The lowest BCUT2D eigenvalue weighted by Crippen LogP contribution is -2.19. The van der Waals surface area contributed by atoms with E-state index in [2.05, 4.69) is 20.8 Å². The minimum Gasteiger partial charge on any atom is -0.462 e. The number of carbonyl (C=O) groups is 2.